The first-order valence-electron chi connectivity index (χ1n) is 6.36. The summed E-state index contributed by atoms with van der Waals surface area (Å²) in [5, 5.41) is 3.31. The summed E-state index contributed by atoms with van der Waals surface area (Å²) in [5.41, 5.74) is -0.573. The van der Waals surface area contributed by atoms with Gasteiger partial charge in [-0.2, -0.15) is 13.2 Å². The molecular weight excluding hydrogens is 255 g/mol. The molecule has 0 radical (unpaired) electrons. The van der Waals surface area contributed by atoms with Crippen molar-refractivity contribution in [2.45, 2.75) is 31.0 Å². The summed E-state index contributed by atoms with van der Waals surface area (Å²) >= 11 is 0. The van der Waals surface area contributed by atoms with Crippen LogP contribution in [0.2, 0.25) is 0 Å². The first-order chi connectivity index (χ1) is 8.97. The average molecular weight is 273 g/mol. The first-order valence-corrected chi connectivity index (χ1v) is 6.36. The van der Waals surface area contributed by atoms with Gasteiger partial charge in [-0.1, -0.05) is 18.2 Å². The van der Waals surface area contributed by atoms with Gasteiger partial charge in [0.2, 0.25) is 0 Å². The summed E-state index contributed by atoms with van der Waals surface area (Å²) in [4.78, 5) is 0. The zero-order chi connectivity index (χ0) is 13.9. The van der Waals surface area contributed by atoms with E-state index in [1.165, 1.54) is 6.07 Å². The maximum absolute atomic E-state index is 13.0. The third-order valence-corrected chi connectivity index (χ3v) is 3.60. The minimum absolute atomic E-state index is 0.335. The number of ether oxygens (including phenoxy) is 1. The molecule has 1 aromatic rings. The highest BCUT2D eigenvalue weighted by atomic mass is 19.4. The summed E-state index contributed by atoms with van der Waals surface area (Å²) in [5.74, 6) is 0. The van der Waals surface area contributed by atoms with Crippen LogP contribution in [-0.4, -0.2) is 25.8 Å². The third kappa shape index (κ3) is 3.28. The Morgan fingerprint density at radius 3 is 2.63 bits per heavy atom. The molecule has 106 valence electrons. The standard InChI is InChI=1S/C14H18F3NO/c1-19-10-13(7-4-8-18-13)9-11-5-2-3-6-12(11)14(15,16)17/h2-3,5-6,18H,4,7-10H2,1H3. The van der Waals surface area contributed by atoms with Crippen LogP contribution in [0.25, 0.3) is 0 Å². The number of hydrogen-bond acceptors (Lipinski definition) is 2. The van der Waals surface area contributed by atoms with E-state index >= 15 is 0 Å². The average Bonchev–Trinajstić information content (AvgIpc) is 2.77. The monoisotopic (exact) mass is 273 g/mol. The molecule has 1 heterocycles. The summed E-state index contributed by atoms with van der Waals surface area (Å²) in [6, 6.07) is 5.78. The highest BCUT2D eigenvalue weighted by Crippen LogP contribution is 2.34. The molecule has 0 amide bonds. The molecule has 1 fully saturated rings. The van der Waals surface area contributed by atoms with E-state index in [9.17, 15) is 13.2 Å². The predicted molar refractivity (Wildman–Crippen MR) is 67.0 cm³/mol. The van der Waals surface area contributed by atoms with E-state index in [-0.39, 0.29) is 5.54 Å². The number of hydrogen-bond donors (Lipinski definition) is 1. The van der Waals surface area contributed by atoms with Gasteiger partial charge in [0.05, 0.1) is 12.2 Å². The SMILES string of the molecule is COCC1(Cc2ccccc2C(F)(F)F)CCCN1. The van der Waals surface area contributed by atoms with Gasteiger partial charge in [-0.05, 0) is 37.4 Å². The summed E-state index contributed by atoms with van der Waals surface area (Å²) in [6.45, 7) is 1.26. The second kappa shape index (κ2) is 5.51. The minimum atomic E-state index is -4.30. The van der Waals surface area contributed by atoms with Crippen molar-refractivity contribution < 1.29 is 17.9 Å². The van der Waals surface area contributed by atoms with Gasteiger partial charge in [0.15, 0.2) is 0 Å². The van der Waals surface area contributed by atoms with Gasteiger partial charge in [-0.3, -0.25) is 0 Å². The Labute approximate surface area is 111 Å². The lowest BCUT2D eigenvalue weighted by molar-refractivity contribution is -0.138. The van der Waals surface area contributed by atoms with Crippen LogP contribution >= 0.6 is 0 Å². The van der Waals surface area contributed by atoms with Crippen molar-refractivity contribution in [2.75, 3.05) is 20.3 Å². The van der Waals surface area contributed by atoms with Crippen LogP contribution in [0.4, 0.5) is 13.2 Å². The number of rotatable bonds is 4. The van der Waals surface area contributed by atoms with E-state index in [1.807, 2.05) is 0 Å². The van der Waals surface area contributed by atoms with Crippen LogP contribution in [0.5, 0.6) is 0 Å². The van der Waals surface area contributed by atoms with Crippen molar-refractivity contribution in [2.24, 2.45) is 0 Å². The van der Waals surface area contributed by atoms with Gasteiger partial charge < -0.3 is 10.1 Å². The van der Waals surface area contributed by atoms with Crippen molar-refractivity contribution in [1.82, 2.24) is 5.32 Å². The molecule has 1 aromatic carbocycles. The maximum Gasteiger partial charge on any atom is 0.416 e. The molecule has 2 rings (SSSR count). The molecule has 5 heteroatoms. The first kappa shape index (κ1) is 14.3. The number of alkyl halides is 3. The van der Waals surface area contributed by atoms with Crippen LogP contribution in [-0.2, 0) is 17.3 Å². The van der Waals surface area contributed by atoms with E-state index < -0.39 is 11.7 Å². The van der Waals surface area contributed by atoms with E-state index in [0.29, 0.717) is 18.6 Å². The van der Waals surface area contributed by atoms with Crippen molar-refractivity contribution in [3.8, 4) is 0 Å². The van der Waals surface area contributed by atoms with E-state index in [4.69, 9.17) is 4.74 Å². The Bertz CT molecular complexity index is 425. The van der Waals surface area contributed by atoms with Crippen LogP contribution < -0.4 is 5.32 Å². The molecule has 1 aliphatic rings. The summed E-state index contributed by atoms with van der Waals surface area (Å²) < 4.78 is 44.1. The van der Waals surface area contributed by atoms with Gasteiger partial charge in [0, 0.05) is 12.6 Å². The topological polar surface area (TPSA) is 21.3 Å². The molecular formula is C14H18F3NO. The van der Waals surface area contributed by atoms with Gasteiger partial charge in [0.1, 0.15) is 0 Å². The largest absolute Gasteiger partial charge is 0.416 e. The number of halogens is 3. The molecule has 2 nitrogen and oxygen atoms in total. The van der Waals surface area contributed by atoms with Crippen LogP contribution in [0.3, 0.4) is 0 Å². The van der Waals surface area contributed by atoms with Crippen molar-refractivity contribution in [3.63, 3.8) is 0 Å². The van der Waals surface area contributed by atoms with Gasteiger partial charge >= 0.3 is 6.18 Å². The van der Waals surface area contributed by atoms with Crippen LogP contribution in [0, 0.1) is 0 Å². The molecule has 1 aliphatic heterocycles. The number of benzene rings is 1. The summed E-state index contributed by atoms with van der Waals surface area (Å²) in [6.07, 6.45) is -2.15. The maximum atomic E-state index is 13.0. The second-order valence-corrected chi connectivity index (χ2v) is 5.08. The normalized spacial score (nSPS) is 23.8. The molecule has 19 heavy (non-hydrogen) atoms. The lowest BCUT2D eigenvalue weighted by Gasteiger charge is -2.30. The van der Waals surface area contributed by atoms with Gasteiger partial charge in [-0.25, -0.2) is 0 Å². The van der Waals surface area contributed by atoms with Crippen molar-refractivity contribution in [3.05, 3.63) is 35.4 Å². The zero-order valence-corrected chi connectivity index (χ0v) is 10.9. The predicted octanol–water partition coefficient (Wildman–Crippen LogP) is 3.02. The Hall–Kier alpha value is -1.07. The number of nitrogens with one attached hydrogen (secondary N) is 1. The van der Waals surface area contributed by atoms with Crippen LogP contribution in [0.1, 0.15) is 24.0 Å². The Balaban J connectivity index is 2.27. The number of methoxy groups -OCH3 is 1. The minimum Gasteiger partial charge on any atom is -0.383 e. The van der Waals surface area contributed by atoms with Crippen molar-refractivity contribution >= 4 is 0 Å². The molecule has 1 N–H and O–H groups in total. The lowest BCUT2D eigenvalue weighted by atomic mass is 9.88. The Kier molecular flexibility index (Phi) is 4.16. The fraction of sp³-hybridized carbons (Fsp3) is 0.571. The van der Waals surface area contributed by atoms with E-state index in [0.717, 1.165) is 25.5 Å². The molecule has 0 aromatic heterocycles. The molecule has 0 bridgehead atoms. The quantitative estimate of drug-likeness (QED) is 0.910. The molecule has 0 spiro atoms. The third-order valence-electron chi connectivity index (χ3n) is 3.60. The Morgan fingerprint density at radius 2 is 2.05 bits per heavy atom. The highest BCUT2D eigenvalue weighted by Gasteiger charge is 2.38. The fourth-order valence-electron chi connectivity index (χ4n) is 2.79. The highest BCUT2D eigenvalue weighted by molar-refractivity contribution is 5.31. The van der Waals surface area contributed by atoms with E-state index in [2.05, 4.69) is 5.32 Å². The van der Waals surface area contributed by atoms with E-state index in [1.54, 1.807) is 19.2 Å². The Morgan fingerprint density at radius 1 is 1.32 bits per heavy atom. The zero-order valence-electron chi connectivity index (χ0n) is 10.9. The fourth-order valence-corrected chi connectivity index (χ4v) is 2.79. The van der Waals surface area contributed by atoms with Gasteiger partial charge in [0.25, 0.3) is 0 Å². The molecule has 0 saturated carbocycles. The van der Waals surface area contributed by atoms with Gasteiger partial charge in [-0.15, -0.1) is 0 Å². The molecule has 1 atom stereocenters. The van der Waals surface area contributed by atoms with Crippen LogP contribution in [0.15, 0.2) is 24.3 Å². The van der Waals surface area contributed by atoms with Crippen molar-refractivity contribution in [1.29, 1.82) is 0 Å². The molecule has 1 unspecified atom stereocenters. The molecule has 0 aliphatic carbocycles. The summed E-state index contributed by atoms with van der Waals surface area (Å²) in [7, 11) is 1.58. The lowest BCUT2D eigenvalue weighted by Crippen LogP contribution is -2.46. The smallest absolute Gasteiger partial charge is 0.383 e. The molecule has 1 saturated heterocycles. The second-order valence-electron chi connectivity index (χ2n) is 5.08.